The van der Waals surface area contributed by atoms with Gasteiger partial charge in [-0.3, -0.25) is 9.59 Å². The standard InChI is InChI=1S/C18H18N2O5S/c1-19-14-7-8-15(12-5-2-6-13(16(12)14)17(19)21)26(24,25)20-9-3-4-11(10-20)18(22)23/h2,5-8,11H,3-4,9-10H2,1H3,(H,22,23). The van der Waals surface area contributed by atoms with Crippen LogP contribution in [0, 0.1) is 5.92 Å². The molecule has 2 heterocycles. The highest BCUT2D eigenvalue weighted by molar-refractivity contribution is 7.89. The van der Waals surface area contributed by atoms with Crippen LogP contribution in [0.25, 0.3) is 10.8 Å². The van der Waals surface area contributed by atoms with E-state index >= 15 is 0 Å². The summed E-state index contributed by atoms with van der Waals surface area (Å²) in [4.78, 5) is 25.3. The van der Waals surface area contributed by atoms with Gasteiger partial charge >= 0.3 is 5.97 Å². The molecule has 2 aliphatic heterocycles. The molecule has 0 bridgehead atoms. The normalized spacial score (nSPS) is 20.7. The van der Waals surface area contributed by atoms with Gasteiger partial charge in [0.2, 0.25) is 10.0 Å². The zero-order chi connectivity index (χ0) is 18.6. The van der Waals surface area contributed by atoms with E-state index in [2.05, 4.69) is 0 Å². The summed E-state index contributed by atoms with van der Waals surface area (Å²) in [6, 6.07) is 8.21. The zero-order valence-electron chi connectivity index (χ0n) is 14.2. The van der Waals surface area contributed by atoms with E-state index in [1.165, 1.54) is 15.3 Å². The Morgan fingerprint density at radius 2 is 2.00 bits per heavy atom. The van der Waals surface area contributed by atoms with Crippen molar-refractivity contribution in [2.24, 2.45) is 5.92 Å². The first kappa shape index (κ1) is 17.0. The number of piperidine rings is 1. The maximum absolute atomic E-state index is 13.2. The lowest BCUT2D eigenvalue weighted by Crippen LogP contribution is -2.42. The van der Waals surface area contributed by atoms with Crippen LogP contribution in [0.4, 0.5) is 5.69 Å². The molecule has 1 N–H and O–H groups in total. The predicted molar refractivity (Wildman–Crippen MR) is 95.8 cm³/mol. The van der Waals surface area contributed by atoms with E-state index in [4.69, 9.17) is 0 Å². The van der Waals surface area contributed by atoms with Crippen molar-refractivity contribution in [3.8, 4) is 0 Å². The molecule has 0 radical (unpaired) electrons. The van der Waals surface area contributed by atoms with E-state index in [1.54, 1.807) is 31.3 Å². The number of sulfonamides is 1. The lowest BCUT2D eigenvalue weighted by molar-refractivity contribution is -0.142. The highest BCUT2D eigenvalue weighted by Gasteiger charge is 2.36. The second-order valence-corrected chi connectivity index (χ2v) is 8.62. The molecule has 1 atom stereocenters. The molecule has 1 fully saturated rings. The highest BCUT2D eigenvalue weighted by Crippen LogP contribution is 2.40. The van der Waals surface area contributed by atoms with Crippen LogP contribution >= 0.6 is 0 Å². The molecule has 8 heteroatoms. The van der Waals surface area contributed by atoms with Crippen molar-refractivity contribution in [3.05, 3.63) is 35.9 Å². The Morgan fingerprint density at radius 1 is 1.23 bits per heavy atom. The van der Waals surface area contributed by atoms with Crippen molar-refractivity contribution < 1.29 is 23.1 Å². The largest absolute Gasteiger partial charge is 0.481 e. The minimum Gasteiger partial charge on any atom is -0.481 e. The summed E-state index contributed by atoms with van der Waals surface area (Å²) in [5.41, 5.74) is 1.17. The van der Waals surface area contributed by atoms with E-state index in [9.17, 15) is 23.1 Å². The van der Waals surface area contributed by atoms with Gasteiger partial charge in [-0.25, -0.2) is 8.42 Å². The molecule has 1 saturated heterocycles. The Hall–Kier alpha value is -2.45. The summed E-state index contributed by atoms with van der Waals surface area (Å²) >= 11 is 0. The van der Waals surface area contributed by atoms with Gasteiger partial charge in [0.05, 0.1) is 16.5 Å². The molecule has 1 unspecified atom stereocenters. The lowest BCUT2D eigenvalue weighted by Gasteiger charge is -2.30. The van der Waals surface area contributed by atoms with Crippen molar-refractivity contribution in [3.63, 3.8) is 0 Å². The third kappa shape index (κ3) is 2.33. The van der Waals surface area contributed by atoms with E-state index in [0.29, 0.717) is 41.4 Å². The summed E-state index contributed by atoms with van der Waals surface area (Å²) in [6.45, 7) is 0.271. The molecule has 2 aromatic rings. The van der Waals surface area contributed by atoms with Crippen molar-refractivity contribution in [2.45, 2.75) is 17.7 Å². The van der Waals surface area contributed by atoms with Crippen LogP contribution in [-0.2, 0) is 14.8 Å². The molecule has 0 aliphatic carbocycles. The number of benzene rings is 2. The summed E-state index contributed by atoms with van der Waals surface area (Å²) in [5.74, 6) is -1.83. The maximum atomic E-state index is 13.2. The number of carbonyl (C=O) groups excluding carboxylic acids is 1. The summed E-state index contributed by atoms with van der Waals surface area (Å²) in [6.07, 6.45) is 0.989. The van der Waals surface area contributed by atoms with Crippen molar-refractivity contribution in [1.82, 2.24) is 4.31 Å². The Balaban J connectivity index is 1.85. The predicted octanol–water partition coefficient (Wildman–Crippen LogP) is 1.92. The smallest absolute Gasteiger partial charge is 0.307 e. The lowest BCUT2D eigenvalue weighted by atomic mass is 10.0. The maximum Gasteiger partial charge on any atom is 0.307 e. The van der Waals surface area contributed by atoms with Crippen LogP contribution in [0.2, 0.25) is 0 Å². The highest BCUT2D eigenvalue weighted by atomic mass is 32.2. The number of hydrogen-bond donors (Lipinski definition) is 1. The van der Waals surface area contributed by atoms with E-state index in [-0.39, 0.29) is 17.3 Å². The molecule has 0 spiro atoms. The average molecular weight is 374 g/mol. The van der Waals surface area contributed by atoms with Gasteiger partial charge in [0, 0.05) is 36.5 Å². The van der Waals surface area contributed by atoms with Crippen LogP contribution < -0.4 is 4.90 Å². The molecule has 7 nitrogen and oxygen atoms in total. The first-order valence-corrected chi connectivity index (χ1v) is 9.83. The second-order valence-electron chi connectivity index (χ2n) is 6.72. The fourth-order valence-electron chi connectivity index (χ4n) is 3.84. The Bertz CT molecular complexity index is 1050. The molecule has 26 heavy (non-hydrogen) atoms. The molecule has 0 aromatic heterocycles. The van der Waals surface area contributed by atoms with Crippen molar-refractivity contribution in [2.75, 3.05) is 25.0 Å². The number of carbonyl (C=O) groups is 2. The minimum absolute atomic E-state index is 0.0283. The van der Waals surface area contributed by atoms with Crippen molar-refractivity contribution in [1.29, 1.82) is 0 Å². The number of amides is 1. The molecule has 0 saturated carbocycles. The quantitative estimate of drug-likeness (QED) is 0.886. The van der Waals surface area contributed by atoms with Crippen LogP contribution in [0.1, 0.15) is 23.2 Å². The summed E-state index contributed by atoms with van der Waals surface area (Å²) in [7, 11) is -2.20. The minimum atomic E-state index is -3.86. The number of carboxylic acid groups (broad SMARTS) is 1. The monoisotopic (exact) mass is 374 g/mol. The number of nitrogens with zero attached hydrogens (tertiary/aromatic N) is 2. The van der Waals surface area contributed by atoms with Crippen LogP contribution in [-0.4, -0.2) is 49.8 Å². The van der Waals surface area contributed by atoms with E-state index in [0.717, 1.165) is 0 Å². The Morgan fingerprint density at radius 3 is 2.73 bits per heavy atom. The number of rotatable bonds is 3. The molecule has 2 aromatic carbocycles. The third-order valence-corrected chi connectivity index (χ3v) is 7.15. The van der Waals surface area contributed by atoms with Gasteiger partial charge in [0.1, 0.15) is 0 Å². The van der Waals surface area contributed by atoms with Gasteiger partial charge in [0.15, 0.2) is 0 Å². The van der Waals surface area contributed by atoms with Gasteiger partial charge < -0.3 is 10.0 Å². The number of aliphatic carboxylic acids is 1. The fourth-order valence-corrected chi connectivity index (χ4v) is 5.55. The molecule has 136 valence electrons. The van der Waals surface area contributed by atoms with Gasteiger partial charge in [0.25, 0.3) is 5.91 Å². The summed E-state index contributed by atoms with van der Waals surface area (Å²) in [5, 5.41) is 10.4. The average Bonchev–Trinajstić information content (AvgIpc) is 2.89. The Kier molecular flexibility index (Phi) is 3.78. The SMILES string of the molecule is CN1C(=O)c2cccc3c(S(=O)(=O)N4CCCC(C(=O)O)C4)ccc1c23. The molecular weight excluding hydrogens is 356 g/mol. The second kappa shape index (κ2) is 5.78. The van der Waals surface area contributed by atoms with Gasteiger partial charge in [-0.05, 0) is 31.0 Å². The van der Waals surface area contributed by atoms with Gasteiger partial charge in [-0.2, -0.15) is 4.31 Å². The zero-order valence-corrected chi connectivity index (χ0v) is 15.0. The topological polar surface area (TPSA) is 95.0 Å². The molecular formula is C18H18N2O5S. The van der Waals surface area contributed by atoms with E-state index in [1.807, 2.05) is 0 Å². The summed E-state index contributed by atoms with van der Waals surface area (Å²) < 4.78 is 27.7. The van der Waals surface area contributed by atoms with Crippen molar-refractivity contribution >= 4 is 38.4 Å². The van der Waals surface area contributed by atoms with Crippen LogP contribution in [0.5, 0.6) is 0 Å². The van der Waals surface area contributed by atoms with Gasteiger partial charge in [-0.15, -0.1) is 0 Å². The number of carboxylic acids is 1. The first-order valence-electron chi connectivity index (χ1n) is 8.39. The van der Waals surface area contributed by atoms with E-state index < -0.39 is 21.9 Å². The molecule has 4 rings (SSSR count). The third-order valence-electron chi connectivity index (χ3n) is 5.23. The first-order chi connectivity index (χ1) is 12.3. The number of hydrogen-bond acceptors (Lipinski definition) is 4. The number of anilines is 1. The fraction of sp³-hybridized carbons (Fsp3) is 0.333. The molecule has 2 aliphatic rings. The van der Waals surface area contributed by atoms with Crippen LogP contribution in [0.3, 0.4) is 0 Å². The van der Waals surface area contributed by atoms with Crippen LogP contribution in [0.15, 0.2) is 35.2 Å². The van der Waals surface area contributed by atoms with Gasteiger partial charge in [-0.1, -0.05) is 12.1 Å². The Labute approximate surface area is 150 Å². The molecule has 1 amide bonds.